The van der Waals surface area contributed by atoms with Gasteiger partial charge in [0.05, 0.1) is 0 Å². The van der Waals surface area contributed by atoms with Gasteiger partial charge in [-0.2, -0.15) is 0 Å². The molecule has 5 nitrogen and oxygen atoms in total. The van der Waals surface area contributed by atoms with E-state index in [9.17, 15) is 9.59 Å². The van der Waals surface area contributed by atoms with E-state index < -0.39 is 0 Å². The average Bonchev–Trinajstić information content (AvgIpc) is 2.90. The minimum absolute atomic E-state index is 0.146. The van der Waals surface area contributed by atoms with Gasteiger partial charge < -0.3 is 14.3 Å². The van der Waals surface area contributed by atoms with Crippen LogP contribution < -0.4 is 0 Å². The highest BCUT2D eigenvalue weighted by molar-refractivity contribution is 6.04. The molecule has 0 spiro atoms. The van der Waals surface area contributed by atoms with Gasteiger partial charge in [-0.25, -0.2) is 0 Å². The number of esters is 2. The second-order valence-corrected chi connectivity index (χ2v) is 11.0. The Hall–Kier alpha value is -1.04. The first-order chi connectivity index (χ1) is 18.6. The molecule has 0 aromatic rings. The maximum Gasteiger partial charge on any atom is 0.305 e. The summed E-state index contributed by atoms with van der Waals surface area (Å²) in [5.74, 6) is -0.291. The molecule has 0 aliphatic carbocycles. The van der Waals surface area contributed by atoms with Crippen molar-refractivity contribution in [2.24, 2.45) is 0 Å². The summed E-state index contributed by atoms with van der Waals surface area (Å²) in [5.41, 5.74) is 0. The lowest BCUT2D eigenvalue weighted by molar-refractivity contribution is -0.143. The number of carbonyl (C=O) groups excluding carboxylic acids is 2. The minimum Gasteiger partial charge on any atom is -0.464 e. The monoisotopic (exact) mass is 535 g/mol. The number of rotatable bonds is 30. The lowest BCUT2D eigenvalue weighted by Crippen LogP contribution is -2.29. The van der Waals surface area contributed by atoms with Crippen molar-refractivity contribution in [2.75, 3.05) is 26.3 Å². The van der Waals surface area contributed by atoms with Crippen LogP contribution in [0.1, 0.15) is 168 Å². The van der Waals surface area contributed by atoms with E-state index in [0.29, 0.717) is 25.9 Å². The van der Waals surface area contributed by atoms with Gasteiger partial charge >= 0.3 is 11.9 Å². The summed E-state index contributed by atoms with van der Waals surface area (Å²) in [6.45, 7) is 5.95. The second-order valence-electron chi connectivity index (χ2n) is 11.0. The van der Waals surface area contributed by atoms with E-state index in [-0.39, 0.29) is 25.2 Å². The summed E-state index contributed by atoms with van der Waals surface area (Å²) in [5, 5.41) is 0. The normalized spacial score (nSPS) is 11.2. The van der Waals surface area contributed by atoms with E-state index in [0.717, 1.165) is 25.7 Å². The molecule has 0 fully saturated rings. The van der Waals surface area contributed by atoms with Gasteiger partial charge in [0, 0.05) is 25.9 Å². The summed E-state index contributed by atoms with van der Waals surface area (Å²) in [4.78, 5) is 25.3. The third-order valence-electron chi connectivity index (χ3n) is 7.25. The fraction of sp³-hybridized carbons (Fsp3) is 0.938. The topological polar surface area (TPSA) is 55.8 Å². The third kappa shape index (κ3) is 29.5. The van der Waals surface area contributed by atoms with Crippen molar-refractivity contribution in [3.8, 4) is 0 Å². The highest BCUT2D eigenvalue weighted by atomic mass is 16.5. The Kier molecular flexibility index (Phi) is 29.7. The molecule has 2 radical (unpaired) electrons. The van der Waals surface area contributed by atoms with E-state index in [1.54, 1.807) is 4.81 Å². The van der Waals surface area contributed by atoms with Gasteiger partial charge in [-0.15, -0.1) is 0 Å². The predicted octanol–water partition coefficient (Wildman–Crippen LogP) is 8.86. The molecule has 0 heterocycles. The standard InChI is InChI=1S/C32H62BNO4/c1-3-5-7-9-11-13-15-17-19-21-23-25-31(35)37-29-27-34(33)28-30-38-32(36)26-24-22-20-18-16-14-12-10-8-6-4-2/h3-30H2,1-2H3. The fourth-order valence-electron chi connectivity index (χ4n) is 4.68. The molecule has 0 unspecified atom stereocenters. The molecule has 0 aliphatic rings. The van der Waals surface area contributed by atoms with Crippen molar-refractivity contribution in [3.05, 3.63) is 0 Å². The lowest BCUT2D eigenvalue weighted by atomic mass is 10.1. The number of ether oxygens (including phenoxy) is 2. The maximum absolute atomic E-state index is 11.9. The van der Waals surface area contributed by atoms with Crippen LogP contribution in [0.5, 0.6) is 0 Å². The number of unbranched alkanes of at least 4 members (excludes halogenated alkanes) is 20. The molecule has 222 valence electrons. The van der Waals surface area contributed by atoms with Gasteiger partial charge in [-0.3, -0.25) is 9.59 Å². The molecular formula is C32H62BNO4. The minimum atomic E-state index is -0.146. The Morgan fingerprint density at radius 2 is 0.737 bits per heavy atom. The first kappa shape index (κ1) is 37.0. The zero-order chi connectivity index (χ0) is 27.9. The highest BCUT2D eigenvalue weighted by Gasteiger charge is 2.06. The first-order valence-electron chi connectivity index (χ1n) is 16.4. The van der Waals surface area contributed by atoms with Gasteiger partial charge in [-0.05, 0) is 12.8 Å². The zero-order valence-electron chi connectivity index (χ0n) is 25.5. The van der Waals surface area contributed by atoms with Crippen molar-refractivity contribution in [2.45, 2.75) is 168 Å². The van der Waals surface area contributed by atoms with E-state index in [1.807, 2.05) is 0 Å². The molecular weight excluding hydrogens is 473 g/mol. The van der Waals surface area contributed by atoms with Crippen molar-refractivity contribution in [3.63, 3.8) is 0 Å². The number of hydrogen-bond acceptors (Lipinski definition) is 5. The van der Waals surface area contributed by atoms with Crippen molar-refractivity contribution >= 4 is 19.9 Å². The van der Waals surface area contributed by atoms with Gasteiger partial charge in [0.1, 0.15) is 13.2 Å². The molecule has 0 saturated heterocycles. The molecule has 0 aliphatic heterocycles. The molecule has 0 aromatic heterocycles. The van der Waals surface area contributed by atoms with Crippen LogP contribution in [0.15, 0.2) is 0 Å². The quantitative estimate of drug-likeness (QED) is 0.0522. The van der Waals surface area contributed by atoms with Crippen LogP contribution in [-0.2, 0) is 19.1 Å². The van der Waals surface area contributed by atoms with Crippen molar-refractivity contribution in [1.29, 1.82) is 0 Å². The van der Waals surface area contributed by atoms with E-state index >= 15 is 0 Å². The molecule has 0 bridgehead atoms. The SMILES string of the molecule is [B]N(CCOC(=O)CCCCCCCCCCCCC)CCOC(=O)CCCCCCCCCCCCC. The largest absolute Gasteiger partial charge is 0.464 e. The Morgan fingerprint density at radius 1 is 0.474 bits per heavy atom. The van der Waals surface area contributed by atoms with Gasteiger partial charge in [0.2, 0.25) is 0 Å². The maximum atomic E-state index is 11.9. The molecule has 0 atom stereocenters. The Labute approximate surface area is 238 Å². The molecule has 38 heavy (non-hydrogen) atoms. The van der Waals surface area contributed by atoms with Crippen molar-refractivity contribution < 1.29 is 19.1 Å². The molecule has 6 heteroatoms. The molecule has 0 amide bonds. The lowest BCUT2D eigenvalue weighted by Gasteiger charge is -2.17. The third-order valence-corrected chi connectivity index (χ3v) is 7.25. The summed E-state index contributed by atoms with van der Waals surface area (Å²) < 4.78 is 10.6. The molecule has 0 rings (SSSR count). The van der Waals surface area contributed by atoms with Gasteiger partial charge in [0.25, 0.3) is 0 Å². The molecule has 0 aromatic carbocycles. The summed E-state index contributed by atoms with van der Waals surface area (Å²) >= 11 is 0. The summed E-state index contributed by atoms with van der Waals surface area (Å²) in [6.07, 6.45) is 28.9. The Balaban J connectivity index is 3.39. The predicted molar refractivity (Wildman–Crippen MR) is 161 cm³/mol. The summed E-state index contributed by atoms with van der Waals surface area (Å²) in [7, 11) is 5.92. The smallest absolute Gasteiger partial charge is 0.305 e. The van der Waals surface area contributed by atoms with E-state index in [1.165, 1.54) is 116 Å². The first-order valence-corrected chi connectivity index (χ1v) is 16.4. The number of hydrogen-bond donors (Lipinski definition) is 0. The Bertz CT molecular complexity index is 474. The summed E-state index contributed by atoms with van der Waals surface area (Å²) in [6, 6.07) is 0. The Morgan fingerprint density at radius 3 is 1.03 bits per heavy atom. The van der Waals surface area contributed by atoms with Gasteiger partial charge in [-0.1, -0.05) is 142 Å². The van der Waals surface area contributed by atoms with E-state index in [2.05, 4.69) is 13.8 Å². The van der Waals surface area contributed by atoms with Crippen LogP contribution >= 0.6 is 0 Å². The van der Waals surface area contributed by atoms with Crippen LogP contribution in [0.4, 0.5) is 0 Å². The van der Waals surface area contributed by atoms with Crippen LogP contribution in [0.2, 0.25) is 0 Å². The fourth-order valence-corrected chi connectivity index (χ4v) is 4.68. The highest BCUT2D eigenvalue weighted by Crippen LogP contribution is 2.13. The average molecular weight is 536 g/mol. The van der Waals surface area contributed by atoms with Crippen LogP contribution in [-0.4, -0.2) is 51.0 Å². The second kappa shape index (κ2) is 30.5. The van der Waals surface area contributed by atoms with Crippen LogP contribution in [0, 0.1) is 0 Å². The van der Waals surface area contributed by atoms with E-state index in [4.69, 9.17) is 17.5 Å². The number of nitrogens with zero attached hydrogens (tertiary/aromatic N) is 1. The van der Waals surface area contributed by atoms with Crippen LogP contribution in [0.3, 0.4) is 0 Å². The molecule has 0 N–H and O–H groups in total. The van der Waals surface area contributed by atoms with Crippen molar-refractivity contribution in [1.82, 2.24) is 4.81 Å². The van der Waals surface area contributed by atoms with Gasteiger partial charge in [0.15, 0.2) is 7.98 Å². The molecule has 0 saturated carbocycles. The number of carbonyl (C=O) groups is 2. The van der Waals surface area contributed by atoms with Crippen LogP contribution in [0.25, 0.3) is 0 Å². The zero-order valence-corrected chi connectivity index (χ0v) is 25.5.